The van der Waals surface area contributed by atoms with Gasteiger partial charge in [-0.3, -0.25) is 0 Å². The van der Waals surface area contributed by atoms with Crippen LogP contribution in [0.5, 0.6) is 5.88 Å². The SMILES string of the molecule is CSC1CCCC(NCC(O)COc2cnsn2)C1. The van der Waals surface area contributed by atoms with Gasteiger partial charge in [0, 0.05) is 17.8 Å². The van der Waals surface area contributed by atoms with Crippen LogP contribution in [0.3, 0.4) is 0 Å². The number of hydrogen-bond donors (Lipinski definition) is 2. The summed E-state index contributed by atoms with van der Waals surface area (Å²) in [6, 6.07) is 0.529. The minimum atomic E-state index is -0.503. The van der Waals surface area contributed by atoms with Crippen molar-refractivity contribution in [3.05, 3.63) is 6.20 Å². The molecule has 7 heteroatoms. The molecular formula is C12H21N3O2S2. The van der Waals surface area contributed by atoms with Crippen LogP contribution in [0.4, 0.5) is 0 Å². The maximum Gasteiger partial charge on any atom is 0.245 e. The fraction of sp³-hybridized carbons (Fsp3) is 0.833. The van der Waals surface area contributed by atoms with Crippen LogP contribution in [-0.2, 0) is 0 Å². The van der Waals surface area contributed by atoms with Crippen molar-refractivity contribution in [2.24, 2.45) is 0 Å². The molecule has 2 rings (SSSR count). The summed E-state index contributed by atoms with van der Waals surface area (Å²) >= 11 is 3.06. The fourth-order valence-electron chi connectivity index (χ4n) is 2.31. The Labute approximate surface area is 122 Å². The fourth-order valence-corrected chi connectivity index (χ4v) is 3.50. The van der Waals surface area contributed by atoms with Gasteiger partial charge in [0.05, 0.1) is 11.7 Å². The molecule has 1 aromatic heterocycles. The quantitative estimate of drug-likeness (QED) is 0.796. The number of hydrogen-bond acceptors (Lipinski definition) is 7. The highest BCUT2D eigenvalue weighted by atomic mass is 32.2. The predicted octanol–water partition coefficient (Wildman–Crippen LogP) is 1.54. The van der Waals surface area contributed by atoms with E-state index in [1.165, 1.54) is 25.7 Å². The number of thioether (sulfide) groups is 1. The normalized spacial score (nSPS) is 25.2. The average Bonchev–Trinajstić information content (AvgIpc) is 2.96. The Hall–Kier alpha value is -0.370. The average molecular weight is 303 g/mol. The number of aromatic nitrogens is 2. The van der Waals surface area contributed by atoms with Crippen molar-refractivity contribution in [2.45, 2.75) is 43.1 Å². The first-order valence-corrected chi connectivity index (χ1v) is 8.64. The highest BCUT2D eigenvalue weighted by Crippen LogP contribution is 2.26. The zero-order chi connectivity index (χ0) is 13.5. The van der Waals surface area contributed by atoms with Crippen LogP contribution in [0.2, 0.25) is 0 Å². The first-order valence-electron chi connectivity index (χ1n) is 6.62. The lowest BCUT2D eigenvalue weighted by Crippen LogP contribution is -2.41. The van der Waals surface area contributed by atoms with Gasteiger partial charge < -0.3 is 15.2 Å². The van der Waals surface area contributed by atoms with Gasteiger partial charge in [-0.1, -0.05) is 6.42 Å². The van der Waals surface area contributed by atoms with E-state index in [9.17, 15) is 5.11 Å². The van der Waals surface area contributed by atoms with Gasteiger partial charge in [-0.15, -0.1) is 4.37 Å². The highest BCUT2D eigenvalue weighted by Gasteiger charge is 2.21. The van der Waals surface area contributed by atoms with Gasteiger partial charge in [0.1, 0.15) is 18.9 Å². The molecule has 1 aliphatic rings. The molecule has 108 valence electrons. The minimum Gasteiger partial charge on any atom is -0.473 e. The summed E-state index contributed by atoms with van der Waals surface area (Å²) in [4.78, 5) is 0. The molecule has 3 atom stereocenters. The second-order valence-electron chi connectivity index (χ2n) is 4.84. The van der Waals surface area contributed by atoms with Crippen LogP contribution in [0.25, 0.3) is 0 Å². The molecule has 0 bridgehead atoms. The third-order valence-corrected chi connectivity index (χ3v) is 4.92. The summed E-state index contributed by atoms with van der Waals surface area (Å²) < 4.78 is 13.1. The summed E-state index contributed by atoms with van der Waals surface area (Å²) in [7, 11) is 0. The van der Waals surface area contributed by atoms with E-state index in [4.69, 9.17) is 4.74 Å². The van der Waals surface area contributed by atoms with Crippen LogP contribution < -0.4 is 10.1 Å². The molecule has 0 amide bonds. The second kappa shape index (κ2) is 8.04. The predicted molar refractivity (Wildman–Crippen MR) is 79.0 cm³/mol. The molecule has 1 saturated carbocycles. The Bertz CT molecular complexity index is 351. The maximum absolute atomic E-state index is 9.86. The molecule has 3 unspecified atom stereocenters. The number of aliphatic hydroxyl groups excluding tert-OH is 1. The Morgan fingerprint density at radius 3 is 3.26 bits per heavy atom. The monoisotopic (exact) mass is 303 g/mol. The van der Waals surface area contributed by atoms with Gasteiger partial charge in [0.15, 0.2) is 0 Å². The number of ether oxygens (including phenoxy) is 1. The van der Waals surface area contributed by atoms with Crippen molar-refractivity contribution in [3.63, 3.8) is 0 Å². The Morgan fingerprint density at radius 1 is 1.63 bits per heavy atom. The molecule has 1 aromatic rings. The molecule has 1 heterocycles. The van der Waals surface area contributed by atoms with E-state index in [2.05, 4.69) is 20.3 Å². The van der Waals surface area contributed by atoms with E-state index in [0.29, 0.717) is 18.5 Å². The Morgan fingerprint density at radius 2 is 2.53 bits per heavy atom. The molecule has 0 spiro atoms. The van der Waals surface area contributed by atoms with E-state index >= 15 is 0 Å². The van der Waals surface area contributed by atoms with Crippen molar-refractivity contribution in [1.29, 1.82) is 0 Å². The van der Waals surface area contributed by atoms with Gasteiger partial charge in [0.25, 0.3) is 0 Å². The molecule has 1 aliphatic carbocycles. The Balaban J connectivity index is 1.61. The van der Waals surface area contributed by atoms with Crippen molar-refractivity contribution >= 4 is 23.5 Å². The lowest BCUT2D eigenvalue weighted by Gasteiger charge is -2.29. The van der Waals surface area contributed by atoms with E-state index in [1.807, 2.05) is 11.8 Å². The minimum absolute atomic E-state index is 0.261. The second-order valence-corrected chi connectivity index (χ2v) is 6.53. The standard InChI is InChI=1S/C12H21N3O2S2/c1-18-11-4-2-3-9(5-11)13-6-10(16)8-17-12-7-14-19-15-12/h7,9-11,13,16H,2-6,8H2,1H3. The molecule has 0 aromatic carbocycles. The molecule has 0 radical (unpaired) electrons. The van der Waals surface area contributed by atoms with Crippen LogP contribution in [-0.4, -0.2) is 50.7 Å². The Kier molecular flexibility index (Phi) is 6.36. The van der Waals surface area contributed by atoms with Crippen molar-refractivity contribution < 1.29 is 9.84 Å². The largest absolute Gasteiger partial charge is 0.473 e. The van der Waals surface area contributed by atoms with Crippen LogP contribution in [0.15, 0.2) is 6.20 Å². The zero-order valence-corrected chi connectivity index (χ0v) is 12.8. The molecule has 2 N–H and O–H groups in total. The van der Waals surface area contributed by atoms with E-state index in [1.54, 1.807) is 6.20 Å². The van der Waals surface area contributed by atoms with Crippen LogP contribution in [0, 0.1) is 0 Å². The number of aliphatic hydroxyl groups is 1. The number of nitrogens with zero attached hydrogens (tertiary/aromatic N) is 2. The van der Waals surface area contributed by atoms with Crippen LogP contribution >= 0.6 is 23.5 Å². The zero-order valence-electron chi connectivity index (χ0n) is 11.1. The summed E-state index contributed by atoms with van der Waals surface area (Å²) in [5, 5.41) is 14.1. The summed E-state index contributed by atoms with van der Waals surface area (Å²) in [5.74, 6) is 0.490. The maximum atomic E-state index is 9.86. The molecule has 19 heavy (non-hydrogen) atoms. The smallest absolute Gasteiger partial charge is 0.245 e. The van der Waals surface area contributed by atoms with Gasteiger partial charge >= 0.3 is 0 Å². The topological polar surface area (TPSA) is 67.3 Å². The van der Waals surface area contributed by atoms with E-state index in [0.717, 1.165) is 17.0 Å². The molecule has 0 saturated heterocycles. The van der Waals surface area contributed by atoms with E-state index in [-0.39, 0.29) is 6.61 Å². The number of rotatable bonds is 7. The third kappa shape index (κ3) is 5.25. The van der Waals surface area contributed by atoms with Crippen molar-refractivity contribution in [2.75, 3.05) is 19.4 Å². The van der Waals surface area contributed by atoms with Gasteiger partial charge in [-0.05, 0) is 25.5 Å². The van der Waals surface area contributed by atoms with Crippen molar-refractivity contribution in [1.82, 2.24) is 14.1 Å². The van der Waals surface area contributed by atoms with Crippen molar-refractivity contribution in [3.8, 4) is 5.88 Å². The van der Waals surface area contributed by atoms with E-state index < -0.39 is 6.10 Å². The summed E-state index contributed by atoms with van der Waals surface area (Å²) in [5.41, 5.74) is 0. The van der Waals surface area contributed by atoms with Gasteiger partial charge in [-0.25, -0.2) is 0 Å². The molecule has 0 aliphatic heterocycles. The van der Waals surface area contributed by atoms with Gasteiger partial charge in [-0.2, -0.15) is 16.1 Å². The highest BCUT2D eigenvalue weighted by molar-refractivity contribution is 7.99. The van der Waals surface area contributed by atoms with Crippen LogP contribution in [0.1, 0.15) is 25.7 Å². The first-order chi connectivity index (χ1) is 9.28. The summed E-state index contributed by atoms with van der Waals surface area (Å²) in [6.07, 6.45) is 8.25. The van der Waals surface area contributed by atoms with Gasteiger partial charge in [0.2, 0.25) is 5.88 Å². The summed E-state index contributed by atoms with van der Waals surface area (Å²) in [6.45, 7) is 0.834. The lowest BCUT2D eigenvalue weighted by molar-refractivity contribution is 0.0999. The first kappa shape index (κ1) is 15.0. The molecular weight excluding hydrogens is 282 g/mol. The third-order valence-electron chi connectivity index (χ3n) is 3.37. The lowest BCUT2D eigenvalue weighted by atomic mass is 9.95. The molecule has 5 nitrogen and oxygen atoms in total. The number of nitrogens with one attached hydrogen (secondary N) is 1. The molecule has 1 fully saturated rings.